The number of methoxy groups -OCH3 is 1. The van der Waals surface area contributed by atoms with Gasteiger partial charge in [0.15, 0.2) is 5.75 Å². The van der Waals surface area contributed by atoms with Crippen molar-refractivity contribution in [2.45, 2.75) is 6.42 Å². The van der Waals surface area contributed by atoms with Crippen molar-refractivity contribution in [3.8, 4) is 5.75 Å². The molecule has 114 valence electrons. The van der Waals surface area contributed by atoms with Crippen molar-refractivity contribution in [1.82, 2.24) is 5.32 Å². The van der Waals surface area contributed by atoms with Gasteiger partial charge < -0.3 is 14.8 Å². The fraction of sp³-hybridized carbons (Fsp3) is 0.500. The lowest BCUT2D eigenvalue weighted by molar-refractivity contribution is 0.193. The molecular weight excluding hydrogens is 367 g/mol. The quantitative estimate of drug-likeness (QED) is 0.392. The van der Waals surface area contributed by atoms with Crippen LogP contribution in [0, 0.1) is 0 Å². The minimum Gasteiger partial charge on any atom is -0.489 e. The third kappa shape index (κ3) is 4.99. The van der Waals surface area contributed by atoms with Gasteiger partial charge in [0.1, 0.15) is 16.7 Å². The SMILES string of the molecule is COCCCNCCOc1c(Cl)c(Cl)c(Cl)c(Cl)c1Cl. The second kappa shape index (κ2) is 9.42. The molecule has 1 N–H and O–H groups in total. The van der Waals surface area contributed by atoms with Crippen LogP contribution in [0.15, 0.2) is 0 Å². The molecule has 0 aromatic heterocycles. The smallest absolute Gasteiger partial charge is 0.159 e. The number of hydrogen-bond donors (Lipinski definition) is 1. The first-order valence-corrected chi connectivity index (χ1v) is 7.73. The Morgan fingerprint density at radius 1 is 0.800 bits per heavy atom. The van der Waals surface area contributed by atoms with Crippen molar-refractivity contribution in [2.75, 3.05) is 33.4 Å². The van der Waals surface area contributed by atoms with Crippen LogP contribution in [0.1, 0.15) is 6.42 Å². The highest BCUT2D eigenvalue weighted by Crippen LogP contribution is 2.48. The molecule has 0 heterocycles. The Kier molecular flexibility index (Phi) is 8.68. The summed E-state index contributed by atoms with van der Waals surface area (Å²) in [6, 6.07) is 0. The van der Waals surface area contributed by atoms with Crippen molar-refractivity contribution < 1.29 is 9.47 Å². The van der Waals surface area contributed by atoms with Gasteiger partial charge in [-0.2, -0.15) is 0 Å². The Balaban J connectivity index is 2.52. The summed E-state index contributed by atoms with van der Waals surface area (Å²) in [5, 5.41) is 3.88. The summed E-state index contributed by atoms with van der Waals surface area (Å²) in [4.78, 5) is 0. The van der Waals surface area contributed by atoms with Crippen LogP contribution in [0.3, 0.4) is 0 Å². The highest BCUT2D eigenvalue weighted by atomic mass is 35.5. The molecule has 0 atom stereocenters. The predicted molar refractivity (Wildman–Crippen MR) is 86.3 cm³/mol. The van der Waals surface area contributed by atoms with E-state index in [1.807, 2.05) is 0 Å². The first-order valence-electron chi connectivity index (χ1n) is 5.84. The molecule has 0 bridgehead atoms. The maximum absolute atomic E-state index is 6.04. The third-order valence-corrected chi connectivity index (χ3v) is 4.64. The van der Waals surface area contributed by atoms with E-state index in [2.05, 4.69) is 5.32 Å². The van der Waals surface area contributed by atoms with E-state index in [-0.39, 0.29) is 30.9 Å². The van der Waals surface area contributed by atoms with E-state index in [0.717, 1.165) is 13.0 Å². The lowest BCUT2D eigenvalue weighted by Crippen LogP contribution is -2.23. The molecule has 0 aliphatic rings. The van der Waals surface area contributed by atoms with Crippen LogP contribution in [-0.2, 0) is 4.74 Å². The largest absolute Gasteiger partial charge is 0.489 e. The number of hydrogen-bond acceptors (Lipinski definition) is 3. The van der Waals surface area contributed by atoms with Crippen molar-refractivity contribution in [3.63, 3.8) is 0 Å². The predicted octanol–water partition coefficient (Wildman–Crippen LogP) is 4.96. The van der Waals surface area contributed by atoms with E-state index in [1.165, 1.54) is 0 Å². The minimum absolute atomic E-state index is 0.119. The molecule has 3 nitrogen and oxygen atoms in total. The molecule has 20 heavy (non-hydrogen) atoms. The van der Waals surface area contributed by atoms with Gasteiger partial charge in [0.05, 0.1) is 15.1 Å². The Morgan fingerprint density at radius 3 is 1.90 bits per heavy atom. The lowest BCUT2D eigenvalue weighted by atomic mass is 10.3. The zero-order valence-electron chi connectivity index (χ0n) is 10.7. The highest BCUT2D eigenvalue weighted by molar-refractivity contribution is 6.55. The lowest BCUT2D eigenvalue weighted by Gasteiger charge is -2.14. The zero-order chi connectivity index (χ0) is 15.1. The van der Waals surface area contributed by atoms with Crippen LogP contribution in [0.2, 0.25) is 25.1 Å². The highest BCUT2D eigenvalue weighted by Gasteiger charge is 2.20. The van der Waals surface area contributed by atoms with E-state index in [0.29, 0.717) is 19.8 Å². The molecule has 0 fully saturated rings. The van der Waals surface area contributed by atoms with Crippen LogP contribution in [0.4, 0.5) is 0 Å². The first-order chi connectivity index (χ1) is 9.50. The Morgan fingerprint density at radius 2 is 1.35 bits per heavy atom. The molecule has 0 saturated heterocycles. The molecule has 0 radical (unpaired) electrons. The van der Waals surface area contributed by atoms with Crippen LogP contribution < -0.4 is 10.1 Å². The molecule has 0 aliphatic heterocycles. The van der Waals surface area contributed by atoms with Gasteiger partial charge in [-0.15, -0.1) is 0 Å². The molecule has 0 unspecified atom stereocenters. The monoisotopic (exact) mass is 379 g/mol. The van der Waals surface area contributed by atoms with Crippen molar-refractivity contribution in [3.05, 3.63) is 25.1 Å². The summed E-state index contributed by atoms with van der Waals surface area (Å²) < 4.78 is 10.4. The second-order valence-electron chi connectivity index (χ2n) is 3.84. The maximum Gasteiger partial charge on any atom is 0.159 e. The van der Waals surface area contributed by atoms with Crippen LogP contribution in [-0.4, -0.2) is 33.4 Å². The van der Waals surface area contributed by atoms with Crippen molar-refractivity contribution in [1.29, 1.82) is 0 Å². The van der Waals surface area contributed by atoms with Gasteiger partial charge in [0, 0.05) is 20.3 Å². The molecule has 0 aliphatic carbocycles. The Bertz CT molecular complexity index is 427. The molecule has 1 rings (SSSR count). The van der Waals surface area contributed by atoms with Crippen LogP contribution >= 0.6 is 58.0 Å². The van der Waals surface area contributed by atoms with Crippen molar-refractivity contribution >= 4 is 58.0 Å². The second-order valence-corrected chi connectivity index (χ2v) is 5.73. The van der Waals surface area contributed by atoms with Gasteiger partial charge in [-0.05, 0) is 13.0 Å². The number of benzene rings is 1. The maximum atomic E-state index is 6.04. The zero-order valence-corrected chi connectivity index (χ0v) is 14.5. The normalized spacial score (nSPS) is 10.9. The third-order valence-electron chi connectivity index (χ3n) is 2.40. The van der Waals surface area contributed by atoms with E-state index in [4.69, 9.17) is 67.5 Å². The van der Waals surface area contributed by atoms with Gasteiger partial charge in [-0.3, -0.25) is 0 Å². The van der Waals surface area contributed by atoms with Crippen molar-refractivity contribution in [2.24, 2.45) is 0 Å². The first kappa shape index (κ1) is 18.4. The Labute approximate surface area is 143 Å². The molecule has 1 aromatic rings. The summed E-state index contributed by atoms with van der Waals surface area (Å²) in [6.07, 6.45) is 0.927. The van der Waals surface area contributed by atoms with Gasteiger partial charge in [-0.25, -0.2) is 0 Å². The molecule has 0 amide bonds. The number of nitrogens with one attached hydrogen (secondary N) is 1. The molecule has 1 aromatic carbocycles. The standard InChI is InChI=1S/C12H14Cl5NO2/c1-19-5-2-3-18-4-6-20-12-10(16)8(14)7(13)9(15)11(12)17/h18H,2-6H2,1H3. The number of ether oxygens (including phenoxy) is 2. The van der Waals surface area contributed by atoms with Crippen LogP contribution in [0.5, 0.6) is 5.75 Å². The number of halogens is 5. The van der Waals surface area contributed by atoms with E-state index >= 15 is 0 Å². The molecule has 0 saturated carbocycles. The summed E-state index contributed by atoms with van der Waals surface area (Å²) >= 11 is 29.8. The van der Waals surface area contributed by atoms with E-state index in [1.54, 1.807) is 7.11 Å². The summed E-state index contributed by atoms with van der Waals surface area (Å²) in [6.45, 7) is 2.56. The average Bonchev–Trinajstić information content (AvgIpc) is 2.45. The molecule has 0 spiro atoms. The fourth-order valence-corrected chi connectivity index (χ4v) is 2.63. The Hall–Kier alpha value is 0.390. The molecular formula is C12H14Cl5NO2. The summed E-state index contributed by atoms with van der Waals surface area (Å²) in [5.41, 5.74) is 0. The summed E-state index contributed by atoms with van der Waals surface area (Å²) in [5.74, 6) is 0.242. The molecule has 8 heteroatoms. The minimum atomic E-state index is 0.119. The fourth-order valence-electron chi connectivity index (χ4n) is 1.40. The van der Waals surface area contributed by atoms with E-state index < -0.39 is 0 Å². The van der Waals surface area contributed by atoms with Crippen LogP contribution in [0.25, 0.3) is 0 Å². The van der Waals surface area contributed by atoms with E-state index in [9.17, 15) is 0 Å². The summed E-state index contributed by atoms with van der Waals surface area (Å²) in [7, 11) is 1.67. The van der Waals surface area contributed by atoms with Gasteiger partial charge >= 0.3 is 0 Å². The van der Waals surface area contributed by atoms with Gasteiger partial charge in [0.2, 0.25) is 0 Å². The number of rotatable bonds is 8. The van der Waals surface area contributed by atoms with Gasteiger partial charge in [-0.1, -0.05) is 58.0 Å². The topological polar surface area (TPSA) is 30.5 Å². The van der Waals surface area contributed by atoms with Gasteiger partial charge in [0.25, 0.3) is 0 Å². The average molecular weight is 382 g/mol.